The van der Waals surface area contributed by atoms with Crippen molar-refractivity contribution in [1.29, 1.82) is 0 Å². The molecule has 0 rings (SSSR count). The Morgan fingerprint density at radius 3 is 1.32 bits per heavy atom. The summed E-state index contributed by atoms with van der Waals surface area (Å²) in [5.74, 6) is -0.254. The fourth-order valence-electron chi connectivity index (χ4n) is 2.94. The molecule has 0 heterocycles. The van der Waals surface area contributed by atoms with E-state index in [1.54, 1.807) is 6.92 Å². The monoisotopic (exact) mass is 355 g/mol. The van der Waals surface area contributed by atoms with Crippen molar-refractivity contribution in [3.05, 3.63) is 12.2 Å². The van der Waals surface area contributed by atoms with Crippen molar-refractivity contribution in [2.45, 2.75) is 117 Å². The molecule has 0 aliphatic carbocycles. The third-order valence-electron chi connectivity index (χ3n) is 4.58. The second-order valence-electron chi connectivity index (χ2n) is 7.22. The van der Waals surface area contributed by atoms with Crippen molar-refractivity contribution < 1.29 is 9.53 Å². The Morgan fingerprint density at radius 1 is 0.680 bits per heavy atom. The normalized spacial score (nSPS) is 10.3. The average Bonchev–Trinajstić information content (AvgIpc) is 2.57. The van der Waals surface area contributed by atoms with Gasteiger partial charge in [-0.3, -0.25) is 0 Å². The fraction of sp³-hybridized carbons (Fsp3) is 0.864. The Balaban J connectivity index is 0. The molecule has 3 N–H and O–H groups in total. The van der Waals surface area contributed by atoms with Gasteiger partial charge in [-0.2, -0.15) is 0 Å². The molecule has 150 valence electrons. The van der Waals surface area contributed by atoms with Gasteiger partial charge in [0, 0.05) is 5.57 Å². The summed E-state index contributed by atoms with van der Waals surface area (Å²) in [6.07, 6.45) is 21.7. The van der Waals surface area contributed by atoms with Gasteiger partial charge < -0.3 is 10.9 Å². The van der Waals surface area contributed by atoms with Gasteiger partial charge in [0.25, 0.3) is 0 Å². The number of ether oxygens (including phenoxy) is 1. The van der Waals surface area contributed by atoms with Crippen molar-refractivity contribution in [2.75, 3.05) is 6.61 Å². The van der Waals surface area contributed by atoms with Gasteiger partial charge in [-0.05, 0) is 13.3 Å². The van der Waals surface area contributed by atoms with E-state index in [9.17, 15) is 4.79 Å². The van der Waals surface area contributed by atoms with E-state index in [2.05, 4.69) is 13.5 Å². The lowest BCUT2D eigenvalue weighted by Gasteiger charge is -2.05. The van der Waals surface area contributed by atoms with Gasteiger partial charge in [-0.1, -0.05) is 110 Å². The predicted octanol–water partition coefficient (Wildman–Crippen LogP) is 7.53. The molecule has 0 amide bonds. The van der Waals surface area contributed by atoms with Crippen LogP contribution in [0.5, 0.6) is 0 Å². The Hall–Kier alpha value is -0.830. The van der Waals surface area contributed by atoms with Gasteiger partial charge in [0.1, 0.15) is 0 Å². The minimum atomic E-state index is -0.254. The quantitative estimate of drug-likeness (QED) is 0.157. The first-order valence-corrected chi connectivity index (χ1v) is 10.5. The van der Waals surface area contributed by atoms with Crippen LogP contribution in [-0.4, -0.2) is 12.6 Å². The first kappa shape index (κ1) is 26.4. The number of rotatable bonds is 18. The van der Waals surface area contributed by atoms with Gasteiger partial charge >= 0.3 is 5.97 Å². The maximum atomic E-state index is 11.2. The Labute approximate surface area is 157 Å². The number of hydrogen-bond donors (Lipinski definition) is 1. The van der Waals surface area contributed by atoms with Crippen molar-refractivity contribution >= 4 is 5.97 Å². The average molecular weight is 356 g/mol. The van der Waals surface area contributed by atoms with Crippen molar-refractivity contribution in [2.24, 2.45) is 0 Å². The van der Waals surface area contributed by atoms with E-state index in [0.717, 1.165) is 6.42 Å². The molecule has 3 nitrogen and oxygen atoms in total. The molecule has 0 atom stereocenters. The molecule has 0 saturated heterocycles. The van der Waals surface area contributed by atoms with Crippen LogP contribution < -0.4 is 6.15 Å². The summed E-state index contributed by atoms with van der Waals surface area (Å²) in [5, 5.41) is 0. The lowest BCUT2D eigenvalue weighted by molar-refractivity contribution is -0.139. The van der Waals surface area contributed by atoms with Gasteiger partial charge in [-0.15, -0.1) is 0 Å². The summed E-state index contributed by atoms with van der Waals surface area (Å²) in [7, 11) is 0. The molecule has 0 aliphatic rings. The lowest BCUT2D eigenvalue weighted by atomic mass is 10.0. The van der Waals surface area contributed by atoms with E-state index in [-0.39, 0.29) is 12.1 Å². The fourth-order valence-corrected chi connectivity index (χ4v) is 2.94. The molecule has 25 heavy (non-hydrogen) atoms. The van der Waals surface area contributed by atoms with Crippen LogP contribution in [0.2, 0.25) is 0 Å². The summed E-state index contributed by atoms with van der Waals surface area (Å²) >= 11 is 0. The highest BCUT2D eigenvalue weighted by Gasteiger charge is 2.01. The van der Waals surface area contributed by atoms with Gasteiger partial charge in [-0.25, -0.2) is 4.79 Å². The molecular weight excluding hydrogens is 310 g/mol. The Bertz CT molecular complexity index is 302. The summed E-state index contributed by atoms with van der Waals surface area (Å²) in [6.45, 7) is 8.09. The predicted molar refractivity (Wildman–Crippen MR) is 110 cm³/mol. The largest absolute Gasteiger partial charge is 0.462 e. The number of carbonyl (C=O) groups is 1. The van der Waals surface area contributed by atoms with Gasteiger partial charge in [0.05, 0.1) is 6.61 Å². The first-order chi connectivity index (χ1) is 11.7. The summed E-state index contributed by atoms with van der Waals surface area (Å²) in [6, 6.07) is 0. The second-order valence-corrected chi connectivity index (χ2v) is 7.22. The van der Waals surface area contributed by atoms with E-state index in [4.69, 9.17) is 4.74 Å². The topological polar surface area (TPSA) is 61.3 Å². The second kappa shape index (κ2) is 21.2. The van der Waals surface area contributed by atoms with Crippen LogP contribution in [0.1, 0.15) is 117 Å². The third kappa shape index (κ3) is 21.1. The van der Waals surface area contributed by atoms with E-state index < -0.39 is 0 Å². The molecule has 0 bridgehead atoms. The van der Waals surface area contributed by atoms with Crippen LogP contribution in [0.3, 0.4) is 0 Å². The molecule has 0 radical (unpaired) electrons. The maximum absolute atomic E-state index is 11.2. The molecule has 0 aliphatic heterocycles. The van der Waals surface area contributed by atoms with Crippen LogP contribution in [0.15, 0.2) is 12.2 Å². The molecule has 0 fully saturated rings. The highest BCUT2D eigenvalue weighted by Crippen LogP contribution is 2.13. The number of hydrogen-bond acceptors (Lipinski definition) is 3. The molecule has 0 aromatic rings. The Kier molecular flexibility index (Phi) is 22.4. The van der Waals surface area contributed by atoms with Crippen molar-refractivity contribution in [1.82, 2.24) is 6.15 Å². The van der Waals surface area contributed by atoms with E-state index >= 15 is 0 Å². The summed E-state index contributed by atoms with van der Waals surface area (Å²) in [4.78, 5) is 11.2. The molecule has 0 saturated carbocycles. The molecule has 0 unspecified atom stereocenters. The zero-order chi connectivity index (χ0) is 17.9. The summed E-state index contributed by atoms with van der Waals surface area (Å²) in [5.41, 5.74) is 0.492. The minimum absolute atomic E-state index is 0. The number of esters is 1. The zero-order valence-electron chi connectivity index (χ0n) is 17.3. The van der Waals surface area contributed by atoms with Gasteiger partial charge in [0.15, 0.2) is 0 Å². The molecule has 0 aromatic heterocycles. The van der Waals surface area contributed by atoms with E-state index in [0.29, 0.717) is 12.2 Å². The van der Waals surface area contributed by atoms with Crippen LogP contribution in [0.4, 0.5) is 0 Å². The SMILES string of the molecule is C=C(C)C(=O)OCCCCCCCCCCCCCCCCCC.N. The maximum Gasteiger partial charge on any atom is 0.333 e. The standard InChI is InChI=1S/C22H42O2.H3N/c1-4-5-6-7-8-9-10-11-12-13-14-15-16-17-18-19-20-24-22(23)21(2)3;/h2,4-20H2,1,3H3;1H3. The highest BCUT2D eigenvalue weighted by atomic mass is 16.5. The smallest absolute Gasteiger partial charge is 0.333 e. The van der Waals surface area contributed by atoms with E-state index in [1.807, 2.05) is 0 Å². The molecule has 3 heteroatoms. The van der Waals surface area contributed by atoms with Crippen LogP contribution >= 0.6 is 0 Å². The van der Waals surface area contributed by atoms with Crippen LogP contribution in [0, 0.1) is 0 Å². The third-order valence-corrected chi connectivity index (χ3v) is 4.58. The zero-order valence-corrected chi connectivity index (χ0v) is 17.3. The van der Waals surface area contributed by atoms with Crippen LogP contribution in [-0.2, 0) is 9.53 Å². The minimum Gasteiger partial charge on any atom is -0.462 e. The molecule has 0 aromatic carbocycles. The first-order valence-electron chi connectivity index (χ1n) is 10.5. The lowest BCUT2D eigenvalue weighted by Crippen LogP contribution is -2.05. The molecular formula is C22H45NO2. The van der Waals surface area contributed by atoms with E-state index in [1.165, 1.54) is 96.3 Å². The highest BCUT2D eigenvalue weighted by molar-refractivity contribution is 5.86. The van der Waals surface area contributed by atoms with Crippen molar-refractivity contribution in [3.8, 4) is 0 Å². The Morgan fingerprint density at radius 2 is 1.00 bits per heavy atom. The number of carbonyl (C=O) groups excluding carboxylic acids is 1. The van der Waals surface area contributed by atoms with Crippen LogP contribution in [0.25, 0.3) is 0 Å². The molecule has 0 spiro atoms. The summed E-state index contributed by atoms with van der Waals surface area (Å²) < 4.78 is 5.08. The van der Waals surface area contributed by atoms with Crippen molar-refractivity contribution in [3.63, 3.8) is 0 Å². The van der Waals surface area contributed by atoms with Gasteiger partial charge in [0.2, 0.25) is 0 Å². The number of unbranched alkanes of at least 4 members (excludes halogenated alkanes) is 15.